The summed E-state index contributed by atoms with van der Waals surface area (Å²) in [6.45, 7) is 6.98. The van der Waals surface area contributed by atoms with Crippen LogP contribution in [-0.2, 0) is 27.9 Å². The summed E-state index contributed by atoms with van der Waals surface area (Å²) in [4.78, 5) is 52.1. The molecule has 242 valence electrons. The van der Waals surface area contributed by atoms with Gasteiger partial charge in [-0.05, 0) is 73.9 Å². The zero-order valence-electron chi connectivity index (χ0n) is 26.7. The van der Waals surface area contributed by atoms with E-state index < -0.39 is 6.09 Å². The molecule has 3 N–H and O–H groups in total. The number of amidine groups is 1. The lowest BCUT2D eigenvalue weighted by Gasteiger charge is -2.21. The maximum atomic E-state index is 13.6. The highest BCUT2D eigenvalue weighted by molar-refractivity contribution is 6.07. The van der Waals surface area contributed by atoms with E-state index in [-0.39, 0.29) is 43.2 Å². The van der Waals surface area contributed by atoms with Crippen LogP contribution in [-0.4, -0.2) is 58.1 Å². The number of aliphatic imine (C=N–C) groups is 1. The molecule has 2 heterocycles. The third kappa shape index (κ3) is 8.90. The van der Waals surface area contributed by atoms with E-state index in [1.54, 1.807) is 55.6 Å². The Morgan fingerprint density at radius 2 is 1.80 bits per heavy atom. The number of anilines is 2. The maximum Gasteiger partial charge on any atom is 0.435 e. The first-order valence-electron chi connectivity index (χ1n) is 15.4. The van der Waals surface area contributed by atoms with Gasteiger partial charge in [-0.1, -0.05) is 26.3 Å². The molecule has 0 spiro atoms. The molecule has 46 heavy (non-hydrogen) atoms. The lowest BCUT2D eigenvalue weighted by atomic mass is 10.1. The molecule has 0 fully saturated rings. The van der Waals surface area contributed by atoms with Crippen molar-refractivity contribution in [2.75, 3.05) is 30.0 Å². The Morgan fingerprint density at radius 3 is 2.50 bits per heavy atom. The van der Waals surface area contributed by atoms with Gasteiger partial charge in [-0.2, -0.15) is 4.99 Å². The van der Waals surface area contributed by atoms with Crippen LogP contribution in [0.15, 0.2) is 71.9 Å². The van der Waals surface area contributed by atoms with E-state index in [1.807, 2.05) is 36.7 Å². The van der Waals surface area contributed by atoms with Gasteiger partial charge in [0, 0.05) is 36.6 Å². The Morgan fingerprint density at radius 1 is 1.04 bits per heavy atom. The van der Waals surface area contributed by atoms with Crippen molar-refractivity contribution in [2.45, 2.75) is 46.6 Å². The first kappa shape index (κ1) is 33.6. The number of carbonyl (C=O) groups excluding carboxylic acids is 3. The molecule has 0 radical (unpaired) electrons. The largest absolute Gasteiger partial charge is 0.466 e. The average Bonchev–Trinajstić information content (AvgIpc) is 3.38. The van der Waals surface area contributed by atoms with E-state index in [0.717, 1.165) is 29.9 Å². The van der Waals surface area contributed by atoms with Crippen molar-refractivity contribution in [1.29, 1.82) is 0 Å². The second kappa shape index (κ2) is 16.2. The van der Waals surface area contributed by atoms with Crippen molar-refractivity contribution < 1.29 is 23.9 Å². The number of aromatic nitrogens is 3. The zero-order chi connectivity index (χ0) is 33.1. The van der Waals surface area contributed by atoms with Gasteiger partial charge in [-0.25, -0.2) is 14.8 Å². The predicted octanol–water partition coefficient (Wildman–Crippen LogP) is 5.46. The number of nitrogens with one attached hydrogen (secondary N) is 1. The molecule has 0 saturated heterocycles. The van der Waals surface area contributed by atoms with Gasteiger partial charge < -0.3 is 25.1 Å². The Kier molecular flexibility index (Phi) is 11.8. The molecular weight excluding hydrogens is 586 g/mol. The van der Waals surface area contributed by atoms with Crippen molar-refractivity contribution in [1.82, 2.24) is 14.5 Å². The second-order valence-electron chi connectivity index (χ2n) is 10.9. The van der Waals surface area contributed by atoms with Gasteiger partial charge in [0.1, 0.15) is 17.5 Å². The van der Waals surface area contributed by atoms with Crippen molar-refractivity contribution >= 4 is 46.3 Å². The first-order chi connectivity index (χ1) is 22.2. The first-order valence-corrected chi connectivity index (χ1v) is 15.4. The van der Waals surface area contributed by atoms with Crippen molar-refractivity contribution in [3.8, 4) is 0 Å². The van der Waals surface area contributed by atoms with Crippen molar-refractivity contribution in [3.05, 3.63) is 83.8 Å². The van der Waals surface area contributed by atoms with E-state index in [1.165, 1.54) is 4.90 Å². The van der Waals surface area contributed by atoms with Crippen LogP contribution in [0.4, 0.5) is 16.3 Å². The van der Waals surface area contributed by atoms with Crippen LogP contribution >= 0.6 is 0 Å². The summed E-state index contributed by atoms with van der Waals surface area (Å²) < 4.78 is 12.2. The molecule has 12 heteroatoms. The molecule has 0 aliphatic heterocycles. The van der Waals surface area contributed by atoms with Gasteiger partial charge in [0.2, 0.25) is 0 Å². The van der Waals surface area contributed by atoms with Gasteiger partial charge in [0.15, 0.2) is 0 Å². The fourth-order valence-corrected chi connectivity index (χ4v) is 4.89. The highest BCUT2D eigenvalue weighted by Gasteiger charge is 2.21. The number of pyridine rings is 1. The number of imidazole rings is 1. The van der Waals surface area contributed by atoms with Gasteiger partial charge >= 0.3 is 12.1 Å². The number of esters is 1. The zero-order valence-corrected chi connectivity index (χ0v) is 26.7. The minimum atomic E-state index is -0.699. The number of aryl methyl sites for hydroxylation is 1. The molecule has 0 aliphatic rings. The number of hydrogen-bond donors (Lipinski definition) is 2. The van der Waals surface area contributed by atoms with Crippen LogP contribution in [0.2, 0.25) is 0 Å². The van der Waals surface area contributed by atoms with Crippen LogP contribution in [0, 0.1) is 5.92 Å². The number of rotatable bonds is 14. The number of fused-ring (bicyclic) bond motifs is 1. The molecule has 4 aromatic rings. The standard InChI is InChI=1S/C34H41N7O5/c1-5-9-23(3)22-46-34(44)39-32(35)24-11-14-26(15-12-24)37-21-30-38-27-20-25(13-16-28(27)40(30)4)33(43)41(19-17-31(42)45-6-2)29-10-7-8-18-36-29/h7-8,10-16,18,20,23,37H,5-6,9,17,19,21-22H2,1-4H3,(H2,35,39,44). The number of amides is 2. The minimum absolute atomic E-state index is 0.0448. The number of hydrogen-bond acceptors (Lipinski definition) is 8. The molecule has 0 bridgehead atoms. The van der Waals surface area contributed by atoms with Gasteiger partial charge in [0.05, 0.1) is 37.2 Å². The van der Waals surface area contributed by atoms with E-state index in [9.17, 15) is 14.4 Å². The normalized spacial score (nSPS) is 12.0. The smallest absolute Gasteiger partial charge is 0.435 e. The van der Waals surface area contributed by atoms with Gasteiger partial charge in [-0.3, -0.25) is 14.5 Å². The SMILES string of the molecule is CCCC(C)COC(=O)/N=C(\N)c1ccc(NCc2nc3cc(C(=O)N(CCC(=O)OCC)c4ccccn4)ccc3n2C)cc1. The Bertz CT molecular complexity index is 1670. The van der Waals surface area contributed by atoms with Crippen LogP contribution in [0.3, 0.4) is 0 Å². The van der Waals surface area contributed by atoms with E-state index in [4.69, 9.17) is 20.2 Å². The Balaban J connectivity index is 1.42. The summed E-state index contributed by atoms with van der Waals surface area (Å²) >= 11 is 0. The molecule has 1 unspecified atom stereocenters. The number of carbonyl (C=O) groups is 3. The highest BCUT2D eigenvalue weighted by Crippen LogP contribution is 2.21. The average molecular weight is 628 g/mol. The van der Waals surface area contributed by atoms with Gasteiger partial charge in [-0.15, -0.1) is 0 Å². The Hall–Kier alpha value is -5.26. The Labute approximate surface area is 268 Å². The third-order valence-electron chi connectivity index (χ3n) is 7.35. The topological polar surface area (TPSA) is 154 Å². The van der Waals surface area contributed by atoms with Crippen molar-refractivity contribution in [3.63, 3.8) is 0 Å². The molecule has 0 aliphatic carbocycles. The third-order valence-corrected chi connectivity index (χ3v) is 7.35. The predicted molar refractivity (Wildman–Crippen MR) is 178 cm³/mol. The lowest BCUT2D eigenvalue weighted by Crippen LogP contribution is -2.34. The summed E-state index contributed by atoms with van der Waals surface area (Å²) in [5, 5.41) is 3.35. The van der Waals surface area contributed by atoms with E-state index in [2.05, 4.69) is 22.2 Å². The number of nitrogens with zero attached hydrogens (tertiary/aromatic N) is 5. The molecule has 2 aromatic heterocycles. The summed E-state index contributed by atoms with van der Waals surface area (Å²) in [5.74, 6) is 0.883. The molecule has 0 saturated carbocycles. The molecular formula is C34H41N7O5. The molecule has 4 rings (SSSR count). The molecule has 2 amide bonds. The number of benzene rings is 2. The highest BCUT2D eigenvalue weighted by atomic mass is 16.5. The lowest BCUT2D eigenvalue weighted by molar-refractivity contribution is -0.142. The monoisotopic (exact) mass is 627 g/mol. The fraction of sp³-hybridized carbons (Fsp3) is 0.353. The van der Waals surface area contributed by atoms with Crippen LogP contribution < -0.4 is 16.0 Å². The number of ether oxygens (including phenoxy) is 2. The fourth-order valence-electron chi connectivity index (χ4n) is 4.89. The number of nitrogens with two attached hydrogens (primary N) is 1. The molecule has 1 atom stereocenters. The van der Waals surface area contributed by atoms with Crippen molar-refractivity contribution in [2.24, 2.45) is 23.7 Å². The molecule has 2 aromatic carbocycles. The minimum Gasteiger partial charge on any atom is -0.466 e. The second-order valence-corrected chi connectivity index (χ2v) is 10.9. The van der Waals surface area contributed by atoms with Gasteiger partial charge in [0.25, 0.3) is 5.91 Å². The quantitative estimate of drug-likeness (QED) is 0.105. The van der Waals surface area contributed by atoms with Crippen LogP contribution in [0.25, 0.3) is 11.0 Å². The van der Waals surface area contributed by atoms with Crippen LogP contribution in [0.5, 0.6) is 0 Å². The summed E-state index contributed by atoms with van der Waals surface area (Å²) in [7, 11) is 1.91. The summed E-state index contributed by atoms with van der Waals surface area (Å²) in [6.07, 6.45) is 2.94. The van der Waals surface area contributed by atoms with Crippen LogP contribution in [0.1, 0.15) is 61.8 Å². The maximum absolute atomic E-state index is 13.6. The van der Waals surface area contributed by atoms with E-state index >= 15 is 0 Å². The summed E-state index contributed by atoms with van der Waals surface area (Å²) in [5.41, 5.74) is 9.40. The van der Waals surface area contributed by atoms with E-state index in [0.29, 0.717) is 35.6 Å². The molecule has 12 nitrogen and oxygen atoms in total. The summed E-state index contributed by atoms with van der Waals surface area (Å²) in [6, 6.07) is 17.9.